The fourth-order valence-electron chi connectivity index (χ4n) is 1.97. The average Bonchev–Trinajstić information content (AvgIpc) is 2.48. The summed E-state index contributed by atoms with van der Waals surface area (Å²) < 4.78 is 5.65. The van der Waals surface area contributed by atoms with Gasteiger partial charge in [-0.15, -0.1) is 0 Å². The minimum Gasteiger partial charge on any atom is -0.494 e. The van der Waals surface area contributed by atoms with Crippen LogP contribution in [0.4, 0.5) is 0 Å². The smallest absolute Gasteiger partial charge is 0.119 e. The lowest BCUT2D eigenvalue weighted by Crippen LogP contribution is -2.21. The van der Waals surface area contributed by atoms with Crippen LogP contribution >= 0.6 is 11.6 Å². The second-order valence-electron chi connectivity index (χ2n) is 4.74. The Balaban J connectivity index is 1.64. The molecule has 1 N–H and O–H groups in total. The molecule has 0 radical (unpaired) electrons. The van der Waals surface area contributed by atoms with Crippen LogP contribution < -0.4 is 10.1 Å². The molecule has 2 rings (SSSR count). The van der Waals surface area contributed by atoms with Crippen LogP contribution in [-0.4, -0.2) is 13.2 Å². The van der Waals surface area contributed by atoms with Crippen molar-refractivity contribution in [2.24, 2.45) is 0 Å². The Labute approximate surface area is 125 Å². The molecule has 0 spiro atoms. The second kappa shape index (κ2) is 7.93. The van der Waals surface area contributed by atoms with E-state index in [9.17, 15) is 0 Å². The molecule has 0 aromatic heterocycles. The van der Waals surface area contributed by atoms with E-state index in [1.807, 2.05) is 42.5 Å². The highest BCUT2D eigenvalue weighted by Crippen LogP contribution is 2.15. The number of halogens is 1. The highest BCUT2D eigenvalue weighted by Gasteiger charge is 2.03. The SMILES string of the molecule is CC(NCCCOc1ccccc1)c1ccc(Cl)cc1. The lowest BCUT2D eigenvalue weighted by molar-refractivity contribution is 0.305. The van der Waals surface area contributed by atoms with Crippen molar-refractivity contribution in [3.8, 4) is 5.75 Å². The Hall–Kier alpha value is -1.51. The molecule has 2 aromatic rings. The highest BCUT2D eigenvalue weighted by atomic mass is 35.5. The van der Waals surface area contributed by atoms with Gasteiger partial charge in [0.15, 0.2) is 0 Å². The topological polar surface area (TPSA) is 21.3 Å². The summed E-state index contributed by atoms with van der Waals surface area (Å²) in [7, 11) is 0. The van der Waals surface area contributed by atoms with Crippen molar-refractivity contribution in [2.45, 2.75) is 19.4 Å². The molecule has 0 fully saturated rings. The molecule has 2 nitrogen and oxygen atoms in total. The number of ether oxygens (including phenoxy) is 1. The van der Waals surface area contributed by atoms with Crippen LogP contribution in [0, 0.1) is 0 Å². The monoisotopic (exact) mass is 289 g/mol. The van der Waals surface area contributed by atoms with E-state index in [-0.39, 0.29) is 0 Å². The van der Waals surface area contributed by atoms with Gasteiger partial charge in [0.2, 0.25) is 0 Å². The fourth-order valence-corrected chi connectivity index (χ4v) is 2.09. The summed E-state index contributed by atoms with van der Waals surface area (Å²) in [6.07, 6.45) is 0.979. The molecule has 2 aromatic carbocycles. The first kappa shape index (κ1) is 14.9. The van der Waals surface area contributed by atoms with E-state index in [4.69, 9.17) is 16.3 Å². The standard InChI is InChI=1S/C17H20ClNO/c1-14(15-8-10-16(18)11-9-15)19-12-5-13-20-17-6-3-2-4-7-17/h2-4,6-11,14,19H,5,12-13H2,1H3. The van der Waals surface area contributed by atoms with E-state index in [1.54, 1.807) is 0 Å². The van der Waals surface area contributed by atoms with Crippen LogP contribution in [0.1, 0.15) is 24.9 Å². The van der Waals surface area contributed by atoms with Crippen molar-refractivity contribution in [3.63, 3.8) is 0 Å². The third-order valence-corrected chi connectivity index (χ3v) is 3.41. The van der Waals surface area contributed by atoms with Crippen LogP contribution in [-0.2, 0) is 0 Å². The molecular formula is C17H20ClNO. The number of hydrogen-bond donors (Lipinski definition) is 1. The van der Waals surface area contributed by atoms with Crippen molar-refractivity contribution in [1.82, 2.24) is 5.32 Å². The van der Waals surface area contributed by atoms with Gasteiger partial charge in [-0.1, -0.05) is 41.9 Å². The molecule has 0 heterocycles. The zero-order valence-corrected chi connectivity index (χ0v) is 12.4. The van der Waals surface area contributed by atoms with Gasteiger partial charge in [-0.05, 0) is 49.7 Å². The summed E-state index contributed by atoms with van der Waals surface area (Å²) in [5.74, 6) is 0.929. The highest BCUT2D eigenvalue weighted by molar-refractivity contribution is 6.30. The molecule has 106 valence electrons. The minimum absolute atomic E-state index is 0.323. The molecule has 0 saturated heterocycles. The van der Waals surface area contributed by atoms with Crippen molar-refractivity contribution >= 4 is 11.6 Å². The third-order valence-electron chi connectivity index (χ3n) is 3.15. The van der Waals surface area contributed by atoms with Gasteiger partial charge in [-0.25, -0.2) is 0 Å². The van der Waals surface area contributed by atoms with Crippen LogP contribution in [0.25, 0.3) is 0 Å². The van der Waals surface area contributed by atoms with Crippen LogP contribution in [0.2, 0.25) is 5.02 Å². The average molecular weight is 290 g/mol. The molecule has 0 bridgehead atoms. The number of benzene rings is 2. The van der Waals surface area contributed by atoms with Gasteiger partial charge < -0.3 is 10.1 Å². The molecule has 1 atom stereocenters. The molecule has 0 saturated carbocycles. The Morgan fingerprint density at radius 1 is 1.05 bits per heavy atom. The van der Waals surface area contributed by atoms with Gasteiger partial charge in [0.05, 0.1) is 6.61 Å². The second-order valence-corrected chi connectivity index (χ2v) is 5.18. The maximum Gasteiger partial charge on any atom is 0.119 e. The van der Waals surface area contributed by atoms with Gasteiger partial charge in [-0.2, -0.15) is 0 Å². The van der Waals surface area contributed by atoms with Crippen LogP contribution in [0.15, 0.2) is 54.6 Å². The minimum atomic E-state index is 0.323. The first-order valence-electron chi connectivity index (χ1n) is 6.92. The quantitative estimate of drug-likeness (QED) is 0.760. The third kappa shape index (κ3) is 4.87. The van der Waals surface area contributed by atoms with E-state index >= 15 is 0 Å². The number of rotatable bonds is 7. The van der Waals surface area contributed by atoms with E-state index in [0.29, 0.717) is 6.04 Å². The summed E-state index contributed by atoms with van der Waals surface area (Å²) in [5, 5.41) is 4.26. The zero-order valence-electron chi connectivity index (χ0n) is 11.7. The van der Waals surface area contributed by atoms with Crippen molar-refractivity contribution < 1.29 is 4.74 Å². The summed E-state index contributed by atoms with van der Waals surface area (Å²) in [4.78, 5) is 0. The fraction of sp³-hybridized carbons (Fsp3) is 0.294. The van der Waals surface area contributed by atoms with E-state index in [1.165, 1.54) is 5.56 Å². The number of nitrogens with one attached hydrogen (secondary N) is 1. The Bertz CT molecular complexity index is 498. The summed E-state index contributed by atoms with van der Waals surface area (Å²) in [6, 6.07) is 18.2. The predicted molar refractivity (Wildman–Crippen MR) is 84.4 cm³/mol. The summed E-state index contributed by atoms with van der Waals surface area (Å²) in [5.41, 5.74) is 1.25. The van der Waals surface area contributed by atoms with Crippen molar-refractivity contribution in [3.05, 3.63) is 65.2 Å². The largest absolute Gasteiger partial charge is 0.494 e. The van der Waals surface area contributed by atoms with Crippen molar-refractivity contribution in [1.29, 1.82) is 0 Å². The predicted octanol–water partition coefficient (Wildman–Crippen LogP) is 4.46. The lowest BCUT2D eigenvalue weighted by Gasteiger charge is -2.14. The Morgan fingerprint density at radius 2 is 1.75 bits per heavy atom. The molecular weight excluding hydrogens is 270 g/mol. The molecule has 0 aliphatic carbocycles. The van der Waals surface area contributed by atoms with E-state index in [0.717, 1.165) is 30.3 Å². The molecule has 0 amide bonds. The first-order valence-corrected chi connectivity index (χ1v) is 7.30. The normalized spacial score (nSPS) is 12.1. The molecule has 1 unspecified atom stereocenters. The maximum absolute atomic E-state index is 5.88. The Kier molecular flexibility index (Phi) is 5.90. The first-order chi connectivity index (χ1) is 9.75. The summed E-state index contributed by atoms with van der Waals surface area (Å²) >= 11 is 5.88. The maximum atomic E-state index is 5.88. The van der Waals surface area contributed by atoms with Crippen LogP contribution in [0.5, 0.6) is 5.75 Å². The molecule has 3 heteroatoms. The van der Waals surface area contributed by atoms with Gasteiger partial charge in [0.25, 0.3) is 0 Å². The van der Waals surface area contributed by atoms with Gasteiger partial charge in [0.1, 0.15) is 5.75 Å². The Morgan fingerprint density at radius 3 is 2.45 bits per heavy atom. The summed E-state index contributed by atoms with van der Waals surface area (Å²) in [6.45, 7) is 3.81. The van der Waals surface area contributed by atoms with Crippen molar-refractivity contribution in [2.75, 3.05) is 13.2 Å². The molecule has 0 aliphatic heterocycles. The zero-order chi connectivity index (χ0) is 14.2. The lowest BCUT2D eigenvalue weighted by atomic mass is 10.1. The van der Waals surface area contributed by atoms with Gasteiger partial charge in [-0.3, -0.25) is 0 Å². The van der Waals surface area contributed by atoms with Gasteiger partial charge in [0, 0.05) is 11.1 Å². The van der Waals surface area contributed by atoms with Crippen LogP contribution in [0.3, 0.4) is 0 Å². The number of para-hydroxylation sites is 1. The molecule has 20 heavy (non-hydrogen) atoms. The van der Waals surface area contributed by atoms with Gasteiger partial charge >= 0.3 is 0 Å². The molecule has 0 aliphatic rings. The van der Waals surface area contributed by atoms with E-state index < -0.39 is 0 Å². The number of hydrogen-bond acceptors (Lipinski definition) is 2. The van der Waals surface area contributed by atoms with E-state index in [2.05, 4.69) is 24.4 Å².